The Morgan fingerprint density at radius 2 is 1.74 bits per heavy atom. The molecular formula is C14H22N2O3. The van der Waals surface area contributed by atoms with Crippen LogP contribution in [0.5, 0.6) is 0 Å². The van der Waals surface area contributed by atoms with Crippen molar-refractivity contribution in [2.75, 3.05) is 20.1 Å². The van der Waals surface area contributed by atoms with Crippen molar-refractivity contribution in [2.45, 2.75) is 31.7 Å². The summed E-state index contributed by atoms with van der Waals surface area (Å²) in [6.45, 7) is 1.85. The Hall–Kier alpha value is -1.36. The maximum absolute atomic E-state index is 12.5. The van der Waals surface area contributed by atoms with E-state index in [1.807, 2.05) is 19.2 Å². The number of hydrogen-bond donors (Lipinski definition) is 2. The Morgan fingerprint density at radius 3 is 2.32 bits per heavy atom. The number of nitrogens with zero attached hydrogens (tertiary/aromatic N) is 1. The van der Waals surface area contributed by atoms with E-state index in [0.717, 1.165) is 25.9 Å². The van der Waals surface area contributed by atoms with Gasteiger partial charge >= 0.3 is 5.97 Å². The lowest BCUT2D eigenvalue weighted by atomic mass is 9.81. The van der Waals surface area contributed by atoms with Crippen LogP contribution in [0.25, 0.3) is 0 Å². The Labute approximate surface area is 113 Å². The molecule has 0 aromatic heterocycles. The van der Waals surface area contributed by atoms with Crippen LogP contribution in [0.2, 0.25) is 0 Å². The highest BCUT2D eigenvalue weighted by molar-refractivity contribution is 5.85. The number of carbonyl (C=O) groups is 2. The molecule has 1 fully saturated rings. The van der Waals surface area contributed by atoms with E-state index in [9.17, 15) is 14.7 Å². The van der Waals surface area contributed by atoms with E-state index < -0.39 is 17.8 Å². The number of hydrogen-bond acceptors (Lipinski definition) is 3. The van der Waals surface area contributed by atoms with Crippen LogP contribution < -0.4 is 5.32 Å². The summed E-state index contributed by atoms with van der Waals surface area (Å²) in [7, 11) is 1.82. The molecule has 0 saturated carbocycles. The summed E-state index contributed by atoms with van der Waals surface area (Å²) >= 11 is 0. The van der Waals surface area contributed by atoms with Gasteiger partial charge in [0.05, 0.1) is 11.8 Å². The van der Waals surface area contributed by atoms with Crippen LogP contribution in [-0.2, 0) is 9.59 Å². The van der Waals surface area contributed by atoms with Crippen molar-refractivity contribution >= 4 is 11.9 Å². The van der Waals surface area contributed by atoms with Crippen LogP contribution in [0.15, 0.2) is 12.2 Å². The third-order valence-electron chi connectivity index (χ3n) is 4.27. The molecule has 1 aliphatic heterocycles. The molecule has 1 amide bonds. The second-order valence-electron chi connectivity index (χ2n) is 5.42. The summed E-state index contributed by atoms with van der Waals surface area (Å²) in [6, 6.07) is 0.245. The number of rotatable bonds is 3. The molecule has 2 N–H and O–H groups in total. The number of carboxylic acids is 1. The van der Waals surface area contributed by atoms with Crippen molar-refractivity contribution in [1.82, 2.24) is 10.2 Å². The number of carbonyl (C=O) groups excluding carboxylic acids is 1. The average Bonchev–Trinajstić information content (AvgIpc) is 2.46. The standard InChI is InChI=1S/C14H22N2O3/c1-16(10-6-8-15-9-7-10)13(17)11-4-2-3-5-12(11)14(18)19/h2-3,10-12,15H,4-9H2,1H3,(H,18,19)/t11-,12+/m1/s1. The lowest BCUT2D eigenvalue weighted by molar-refractivity contribution is -0.151. The molecule has 2 aliphatic rings. The van der Waals surface area contributed by atoms with Gasteiger partial charge in [0.25, 0.3) is 0 Å². The van der Waals surface area contributed by atoms with Gasteiger partial charge in [-0.3, -0.25) is 9.59 Å². The van der Waals surface area contributed by atoms with Crippen LogP contribution in [-0.4, -0.2) is 48.1 Å². The summed E-state index contributed by atoms with van der Waals surface area (Å²) in [4.78, 5) is 25.6. The lowest BCUT2D eigenvalue weighted by Crippen LogP contribution is -2.48. The molecule has 1 heterocycles. The van der Waals surface area contributed by atoms with Gasteiger partial charge in [0, 0.05) is 13.1 Å². The first-order valence-electron chi connectivity index (χ1n) is 6.96. The predicted molar refractivity (Wildman–Crippen MR) is 71.7 cm³/mol. The van der Waals surface area contributed by atoms with Gasteiger partial charge in [0.15, 0.2) is 0 Å². The van der Waals surface area contributed by atoms with Gasteiger partial charge in [0.2, 0.25) is 5.91 Å². The van der Waals surface area contributed by atoms with Gasteiger partial charge in [-0.25, -0.2) is 0 Å². The van der Waals surface area contributed by atoms with Crippen molar-refractivity contribution in [3.63, 3.8) is 0 Å². The highest BCUT2D eigenvalue weighted by Crippen LogP contribution is 2.28. The number of nitrogens with one attached hydrogen (secondary N) is 1. The van der Waals surface area contributed by atoms with E-state index in [4.69, 9.17) is 0 Å². The Morgan fingerprint density at radius 1 is 1.16 bits per heavy atom. The summed E-state index contributed by atoms with van der Waals surface area (Å²) in [5, 5.41) is 12.5. The first kappa shape index (κ1) is 14.1. The van der Waals surface area contributed by atoms with Crippen LogP contribution in [0, 0.1) is 11.8 Å². The van der Waals surface area contributed by atoms with Gasteiger partial charge in [-0.2, -0.15) is 0 Å². The number of carboxylic acid groups (broad SMARTS) is 1. The fourth-order valence-electron chi connectivity index (χ4n) is 3.00. The van der Waals surface area contributed by atoms with Gasteiger partial charge in [-0.1, -0.05) is 12.2 Å². The Bertz CT molecular complexity index is 375. The van der Waals surface area contributed by atoms with Crippen LogP contribution in [0.3, 0.4) is 0 Å². The Balaban J connectivity index is 2.04. The van der Waals surface area contributed by atoms with Gasteiger partial charge in [0.1, 0.15) is 0 Å². The molecule has 5 heteroatoms. The second-order valence-corrected chi connectivity index (χ2v) is 5.42. The lowest BCUT2D eigenvalue weighted by Gasteiger charge is -2.35. The predicted octanol–water partition coefficient (Wildman–Crippen LogP) is 0.864. The minimum atomic E-state index is -0.860. The van der Waals surface area contributed by atoms with Crippen molar-refractivity contribution in [1.29, 1.82) is 0 Å². The number of allylic oxidation sites excluding steroid dienone is 2. The number of amides is 1. The molecule has 0 bridgehead atoms. The number of piperidine rings is 1. The highest BCUT2D eigenvalue weighted by Gasteiger charge is 2.37. The fraction of sp³-hybridized carbons (Fsp3) is 0.714. The van der Waals surface area contributed by atoms with Crippen molar-refractivity contribution in [2.24, 2.45) is 11.8 Å². The minimum absolute atomic E-state index is 0.0105. The molecule has 0 unspecified atom stereocenters. The first-order valence-corrected chi connectivity index (χ1v) is 6.96. The van der Waals surface area contributed by atoms with E-state index in [1.165, 1.54) is 0 Å². The number of aliphatic carboxylic acids is 1. The molecule has 0 spiro atoms. The topological polar surface area (TPSA) is 69.6 Å². The molecule has 1 aliphatic carbocycles. The summed E-state index contributed by atoms with van der Waals surface area (Å²) in [5.74, 6) is -1.84. The van der Waals surface area contributed by atoms with E-state index in [0.29, 0.717) is 12.8 Å². The minimum Gasteiger partial charge on any atom is -0.481 e. The molecule has 0 aromatic carbocycles. The van der Waals surface area contributed by atoms with Crippen LogP contribution >= 0.6 is 0 Å². The maximum atomic E-state index is 12.5. The molecule has 2 atom stereocenters. The largest absolute Gasteiger partial charge is 0.481 e. The average molecular weight is 266 g/mol. The normalized spacial score (nSPS) is 28.1. The van der Waals surface area contributed by atoms with Gasteiger partial charge in [-0.05, 0) is 38.8 Å². The van der Waals surface area contributed by atoms with E-state index in [1.54, 1.807) is 4.90 Å². The Kier molecular flexibility index (Phi) is 4.58. The SMILES string of the molecule is CN(C(=O)[C@@H]1CC=CC[C@@H]1C(=O)O)C1CCNCC1. The quantitative estimate of drug-likeness (QED) is 0.744. The highest BCUT2D eigenvalue weighted by atomic mass is 16.4. The molecule has 106 valence electrons. The van der Waals surface area contributed by atoms with E-state index >= 15 is 0 Å². The zero-order chi connectivity index (χ0) is 13.8. The van der Waals surface area contributed by atoms with Crippen molar-refractivity contribution in [3.8, 4) is 0 Å². The smallest absolute Gasteiger partial charge is 0.307 e. The third kappa shape index (κ3) is 3.15. The monoisotopic (exact) mass is 266 g/mol. The molecule has 0 aromatic rings. The van der Waals surface area contributed by atoms with Crippen LogP contribution in [0.4, 0.5) is 0 Å². The zero-order valence-corrected chi connectivity index (χ0v) is 11.3. The van der Waals surface area contributed by atoms with Gasteiger partial charge in [-0.15, -0.1) is 0 Å². The molecular weight excluding hydrogens is 244 g/mol. The summed E-state index contributed by atoms with van der Waals surface area (Å²) < 4.78 is 0. The first-order chi connectivity index (χ1) is 9.11. The van der Waals surface area contributed by atoms with E-state index in [2.05, 4.69) is 5.32 Å². The zero-order valence-electron chi connectivity index (χ0n) is 11.3. The van der Waals surface area contributed by atoms with Crippen molar-refractivity contribution in [3.05, 3.63) is 12.2 Å². The van der Waals surface area contributed by atoms with E-state index in [-0.39, 0.29) is 11.9 Å². The van der Waals surface area contributed by atoms with Crippen molar-refractivity contribution < 1.29 is 14.7 Å². The summed E-state index contributed by atoms with van der Waals surface area (Å²) in [5.41, 5.74) is 0. The maximum Gasteiger partial charge on any atom is 0.307 e. The molecule has 1 saturated heterocycles. The summed E-state index contributed by atoms with van der Waals surface area (Å²) in [6.07, 6.45) is 6.70. The molecule has 2 rings (SSSR count). The third-order valence-corrected chi connectivity index (χ3v) is 4.27. The van der Waals surface area contributed by atoms with Gasteiger partial charge < -0.3 is 15.3 Å². The second kappa shape index (κ2) is 6.19. The molecule has 0 radical (unpaired) electrons. The molecule has 19 heavy (non-hydrogen) atoms. The van der Waals surface area contributed by atoms with Crippen LogP contribution in [0.1, 0.15) is 25.7 Å². The fourth-order valence-corrected chi connectivity index (χ4v) is 3.00. The molecule has 5 nitrogen and oxygen atoms in total.